The van der Waals surface area contributed by atoms with Crippen LogP contribution in [-0.4, -0.2) is 13.1 Å². The summed E-state index contributed by atoms with van der Waals surface area (Å²) in [6.45, 7) is 6.55. The van der Waals surface area contributed by atoms with Crippen molar-refractivity contribution in [2.75, 3.05) is 13.1 Å². The highest BCUT2D eigenvalue weighted by molar-refractivity contribution is 6.31. The highest BCUT2D eigenvalue weighted by atomic mass is 35.5. The van der Waals surface area contributed by atoms with Crippen molar-refractivity contribution in [3.63, 3.8) is 0 Å². The first kappa shape index (κ1) is 15.8. The standard InChI is InChI=1S/C17H25ClFN/c1-12(2)10-20-11-14-6-3-5-13(14)9-15-16(18)7-4-8-17(15)19/h4,7-8,12-14,20H,3,5-6,9-11H2,1-2H3. The maximum Gasteiger partial charge on any atom is 0.127 e. The van der Waals surface area contributed by atoms with E-state index in [9.17, 15) is 4.39 Å². The predicted molar refractivity (Wildman–Crippen MR) is 83.7 cm³/mol. The van der Waals surface area contributed by atoms with Gasteiger partial charge in [0.2, 0.25) is 0 Å². The Kier molecular flexibility index (Phi) is 5.86. The van der Waals surface area contributed by atoms with Crippen LogP contribution in [0.25, 0.3) is 0 Å². The molecule has 1 aromatic rings. The third-order valence-electron chi connectivity index (χ3n) is 4.30. The Morgan fingerprint density at radius 3 is 2.75 bits per heavy atom. The Balaban J connectivity index is 1.94. The summed E-state index contributed by atoms with van der Waals surface area (Å²) >= 11 is 6.15. The molecule has 0 aliphatic heterocycles. The average molecular weight is 298 g/mol. The van der Waals surface area contributed by atoms with Crippen LogP contribution < -0.4 is 5.32 Å². The number of hydrogen-bond acceptors (Lipinski definition) is 1. The van der Waals surface area contributed by atoms with Gasteiger partial charge in [-0.2, -0.15) is 0 Å². The van der Waals surface area contributed by atoms with Gasteiger partial charge in [0.1, 0.15) is 5.82 Å². The second-order valence-electron chi connectivity index (χ2n) is 6.41. The van der Waals surface area contributed by atoms with E-state index in [4.69, 9.17) is 11.6 Å². The lowest BCUT2D eigenvalue weighted by atomic mass is 9.89. The van der Waals surface area contributed by atoms with Crippen LogP contribution in [0, 0.1) is 23.6 Å². The van der Waals surface area contributed by atoms with Crippen molar-refractivity contribution >= 4 is 11.6 Å². The molecule has 1 aliphatic carbocycles. The molecule has 1 fully saturated rings. The topological polar surface area (TPSA) is 12.0 Å². The Hall–Kier alpha value is -0.600. The van der Waals surface area contributed by atoms with E-state index >= 15 is 0 Å². The highest BCUT2D eigenvalue weighted by Gasteiger charge is 2.28. The SMILES string of the molecule is CC(C)CNCC1CCCC1Cc1c(F)cccc1Cl. The zero-order valence-electron chi connectivity index (χ0n) is 12.5. The minimum atomic E-state index is -0.154. The van der Waals surface area contributed by atoms with E-state index in [0.717, 1.165) is 19.5 Å². The molecule has 0 bridgehead atoms. The van der Waals surface area contributed by atoms with E-state index in [1.54, 1.807) is 12.1 Å². The molecule has 1 saturated carbocycles. The van der Waals surface area contributed by atoms with Gasteiger partial charge in [0.25, 0.3) is 0 Å². The van der Waals surface area contributed by atoms with Gasteiger partial charge in [0.15, 0.2) is 0 Å². The number of nitrogens with one attached hydrogen (secondary N) is 1. The summed E-state index contributed by atoms with van der Waals surface area (Å²) in [7, 11) is 0. The lowest BCUT2D eigenvalue weighted by Gasteiger charge is -2.21. The van der Waals surface area contributed by atoms with Crippen molar-refractivity contribution in [1.29, 1.82) is 0 Å². The lowest BCUT2D eigenvalue weighted by molar-refractivity contribution is 0.354. The lowest BCUT2D eigenvalue weighted by Crippen LogP contribution is -2.29. The molecule has 2 rings (SSSR count). The van der Waals surface area contributed by atoms with Crippen LogP contribution in [0.4, 0.5) is 4.39 Å². The highest BCUT2D eigenvalue weighted by Crippen LogP contribution is 2.35. The Bertz CT molecular complexity index is 413. The molecule has 0 amide bonds. The van der Waals surface area contributed by atoms with Gasteiger partial charge in [0, 0.05) is 10.6 Å². The van der Waals surface area contributed by atoms with E-state index < -0.39 is 0 Å². The molecule has 0 aromatic heterocycles. The smallest absolute Gasteiger partial charge is 0.127 e. The molecule has 0 spiro atoms. The summed E-state index contributed by atoms with van der Waals surface area (Å²) in [5.41, 5.74) is 0.704. The van der Waals surface area contributed by atoms with Crippen LogP contribution >= 0.6 is 11.6 Å². The van der Waals surface area contributed by atoms with Crippen molar-refractivity contribution < 1.29 is 4.39 Å². The van der Waals surface area contributed by atoms with E-state index in [2.05, 4.69) is 19.2 Å². The molecule has 0 radical (unpaired) electrons. The molecule has 1 nitrogen and oxygen atoms in total. The van der Waals surface area contributed by atoms with Gasteiger partial charge in [-0.25, -0.2) is 4.39 Å². The van der Waals surface area contributed by atoms with E-state index in [1.807, 2.05) is 0 Å². The van der Waals surface area contributed by atoms with Gasteiger partial charge >= 0.3 is 0 Å². The molecule has 1 N–H and O–H groups in total. The van der Waals surface area contributed by atoms with Crippen molar-refractivity contribution in [3.05, 3.63) is 34.6 Å². The zero-order chi connectivity index (χ0) is 14.5. The summed E-state index contributed by atoms with van der Waals surface area (Å²) in [5.74, 6) is 1.74. The number of benzene rings is 1. The summed E-state index contributed by atoms with van der Waals surface area (Å²) in [6.07, 6.45) is 4.48. The normalized spacial score (nSPS) is 22.6. The molecule has 0 saturated heterocycles. The fraction of sp³-hybridized carbons (Fsp3) is 0.647. The van der Waals surface area contributed by atoms with Gasteiger partial charge in [0.05, 0.1) is 0 Å². The van der Waals surface area contributed by atoms with Crippen molar-refractivity contribution in [3.8, 4) is 0 Å². The maximum atomic E-state index is 13.9. The molecule has 1 aromatic carbocycles. The summed E-state index contributed by atoms with van der Waals surface area (Å²) < 4.78 is 13.9. The first-order chi connectivity index (χ1) is 9.58. The second-order valence-corrected chi connectivity index (χ2v) is 6.81. The third kappa shape index (κ3) is 4.20. The molecule has 112 valence electrons. The first-order valence-corrected chi connectivity index (χ1v) is 8.09. The molecule has 3 heteroatoms. The van der Waals surface area contributed by atoms with Crippen LogP contribution in [0.1, 0.15) is 38.7 Å². The third-order valence-corrected chi connectivity index (χ3v) is 4.66. The Labute approximate surface area is 126 Å². The Morgan fingerprint density at radius 2 is 2.05 bits per heavy atom. The van der Waals surface area contributed by atoms with Crippen LogP contribution in [0.15, 0.2) is 18.2 Å². The predicted octanol–water partition coefficient (Wildman–Crippen LogP) is 4.68. The number of halogens is 2. The maximum absolute atomic E-state index is 13.9. The number of hydrogen-bond donors (Lipinski definition) is 1. The Morgan fingerprint density at radius 1 is 1.30 bits per heavy atom. The minimum Gasteiger partial charge on any atom is -0.316 e. The van der Waals surface area contributed by atoms with Crippen molar-refractivity contribution in [1.82, 2.24) is 5.32 Å². The largest absolute Gasteiger partial charge is 0.316 e. The fourth-order valence-corrected chi connectivity index (χ4v) is 3.44. The van der Waals surface area contributed by atoms with E-state index in [-0.39, 0.29) is 5.82 Å². The summed E-state index contributed by atoms with van der Waals surface area (Å²) in [6, 6.07) is 4.99. The van der Waals surface area contributed by atoms with Gasteiger partial charge in [-0.15, -0.1) is 0 Å². The molecule has 0 heterocycles. The molecular weight excluding hydrogens is 273 g/mol. The first-order valence-electron chi connectivity index (χ1n) is 7.71. The monoisotopic (exact) mass is 297 g/mol. The van der Waals surface area contributed by atoms with Crippen LogP contribution in [0.3, 0.4) is 0 Å². The van der Waals surface area contributed by atoms with Crippen LogP contribution in [0.5, 0.6) is 0 Å². The van der Waals surface area contributed by atoms with Crippen LogP contribution in [-0.2, 0) is 6.42 Å². The number of rotatable bonds is 6. The molecule has 20 heavy (non-hydrogen) atoms. The summed E-state index contributed by atoms with van der Waals surface area (Å²) in [5, 5.41) is 4.12. The van der Waals surface area contributed by atoms with Crippen molar-refractivity contribution in [2.24, 2.45) is 17.8 Å². The average Bonchev–Trinajstić information content (AvgIpc) is 2.81. The molecule has 2 unspecified atom stereocenters. The van der Waals surface area contributed by atoms with Crippen LogP contribution in [0.2, 0.25) is 5.02 Å². The minimum absolute atomic E-state index is 0.154. The zero-order valence-corrected chi connectivity index (χ0v) is 13.2. The molecular formula is C17H25ClFN. The van der Waals surface area contributed by atoms with Gasteiger partial charge in [-0.05, 0) is 62.2 Å². The van der Waals surface area contributed by atoms with Gasteiger partial charge in [-0.1, -0.05) is 37.9 Å². The van der Waals surface area contributed by atoms with Crippen molar-refractivity contribution in [2.45, 2.75) is 39.5 Å². The van der Waals surface area contributed by atoms with Gasteiger partial charge < -0.3 is 5.32 Å². The quantitative estimate of drug-likeness (QED) is 0.803. The van der Waals surface area contributed by atoms with E-state index in [1.165, 1.54) is 25.3 Å². The molecule has 1 aliphatic rings. The molecule has 2 atom stereocenters. The fourth-order valence-electron chi connectivity index (χ4n) is 3.20. The summed E-state index contributed by atoms with van der Waals surface area (Å²) in [4.78, 5) is 0. The van der Waals surface area contributed by atoms with E-state index in [0.29, 0.717) is 28.3 Å². The van der Waals surface area contributed by atoms with Gasteiger partial charge in [-0.3, -0.25) is 0 Å². The second kappa shape index (κ2) is 7.42.